The third-order valence-corrected chi connectivity index (χ3v) is 1.42. The predicted octanol–water partition coefficient (Wildman–Crippen LogP) is -3.38. The van der Waals surface area contributed by atoms with Crippen LogP contribution < -0.4 is 0 Å². The first-order chi connectivity index (χ1) is 5.54. The van der Waals surface area contributed by atoms with Crippen molar-refractivity contribution in [1.29, 1.82) is 0 Å². The van der Waals surface area contributed by atoms with Gasteiger partial charge in [-0.25, -0.2) is 0 Å². The fourth-order valence-corrected chi connectivity index (χ4v) is 0.618. The van der Waals surface area contributed by atoms with Crippen LogP contribution in [0.1, 0.15) is 0 Å². The van der Waals surface area contributed by atoms with Gasteiger partial charge in [0, 0.05) is 20.4 Å². The molecule has 0 saturated carbocycles. The number of aldehydes is 1. The van der Waals surface area contributed by atoms with Crippen molar-refractivity contribution >= 4 is 6.29 Å². The van der Waals surface area contributed by atoms with E-state index in [0.29, 0.717) is 0 Å². The quantitative estimate of drug-likeness (QED) is 0.324. The minimum absolute atomic E-state index is 0. The summed E-state index contributed by atoms with van der Waals surface area (Å²) in [4.78, 5) is 9.90. The summed E-state index contributed by atoms with van der Waals surface area (Å²) in [5.74, 6) is 0. The second kappa shape index (κ2) is 7.53. The van der Waals surface area contributed by atoms with Gasteiger partial charge in [-0.3, -0.25) is 0 Å². The molecule has 0 aromatic carbocycles. The van der Waals surface area contributed by atoms with E-state index in [4.69, 9.17) is 25.5 Å². The van der Waals surface area contributed by atoms with Crippen LogP contribution in [-0.4, -0.2) is 62.8 Å². The maximum absolute atomic E-state index is 9.90. The Morgan fingerprint density at radius 2 is 1.54 bits per heavy atom. The average Bonchev–Trinajstić information content (AvgIpc) is 2.12. The number of hydrogen-bond acceptors (Lipinski definition) is 6. The molecule has 0 spiro atoms. The summed E-state index contributed by atoms with van der Waals surface area (Å²) in [6.07, 6.45) is -6.84. The summed E-state index contributed by atoms with van der Waals surface area (Å²) in [7, 11) is 0. The Morgan fingerprint density at radius 1 is 1.08 bits per heavy atom. The molecule has 79 valence electrons. The number of aliphatic hydroxyl groups excluding tert-OH is 5. The third kappa shape index (κ3) is 4.79. The van der Waals surface area contributed by atoms with Crippen molar-refractivity contribution in [2.24, 2.45) is 0 Å². The standard InChI is InChI=1S/C6H12O6.Re/c7-1-3(9)5(11)6(12)4(10)2-8;/h1,3-6,8-12H,2H2;/t3-,4+,5+,6+;/m0./s1. The third-order valence-electron chi connectivity index (χ3n) is 1.42. The molecular formula is C6H12O6Re. The van der Waals surface area contributed by atoms with E-state index < -0.39 is 31.0 Å². The Labute approximate surface area is 88.5 Å². The number of carbonyl (C=O) groups is 1. The van der Waals surface area contributed by atoms with Crippen LogP contribution >= 0.6 is 0 Å². The van der Waals surface area contributed by atoms with E-state index in [1.54, 1.807) is 0 Å². The molecule has 0 amide bonds. The van der Waals surface area contributed by atoms with E-state index >= 15 is 0 Å². The van der Waals surface area contributed by atoms with Crippen LogP contribution in [0, 0.1) is 0 Å². The van der Waals surface area contributed by atoms with Crippen LogP contribution in [0.3, 0.4) is 0 Å². The van der Waals surface area contributed by atoms with E-state index in [-0.39, 0.29) is 26.7 Å². The summed E-state index contributed by atoms with van der Waals surface area (Å²) in [6, 6.07) is 0. The molecule has 0 aromatic rings. The van der Waals surface area contributed by atoms with Crippen molar-refractivity contribution < 1.29 is 50.7 Å². The monoisotopic (exact) mass is 367 g/mol. The number of rotatable bonds is 5. The van der Waals surface area contributed by atoms with Crippen LogP contribution in [0.15, 0.2) is 0 Å². The van der Waals surface area contributed by atoms with Crippen molar-refractivity contribution in [3.8, 4) is 0 Å². The van der Waals surface area contributed by atoms with Gasteiger partial charge in [-0.1, -0.05) is 0 Å². The van der Waals surface area contributed by atoms with Gasteiger partial charge >= 0.3 is 0 Å². The summed E-state index contributed by atoms with van der Waals surface area (Å²) in [6.45, 7) is -0.760. The zero-order valence-electron chi connectivity index (χ0n) is 6.62. The van der Waals surface area contributed by atoms with E-state index in [1.165, 1.54) is 0 Å². The molecule has 0 saturated heterocycles. The summed E-state index contributed by atoms with van der Waals surface area (Å²) in [5.41, 5.74) is 0. The SMILES string of the molecule is O=C[C@H](O)[C@@H](O)[C@H](O)[C@H](O)CO.[Re]. The van der Waals surface area contributed by atoms with Crippen LogP contribution in [-0.2, 0) is 25.2 Å². The molecule has 0 aliphatic carbocycles. The van der Waals surface area contributed by atoms with E-state index in [9.17, 15) is 4.79 Å². The maximum atomic E-state index is 9.90. The molecule has 7 heteroatoms. The molecule has 13 heavy (non-hydrogen) atoms. The van der Waals surface area contributed by atoms with Crippen molar-refractivity contribution in [2.75, 3.05) is 6.61 Å². The Balaban J connectivity index is 0. The summed E-state index contributed by atoms with van der Waals surface area (Å²) >= 11 is 0. The van der Waals surface area contributed by atoms with Gasteiger partial charge in [0.05, 0.1) is 6.61 Å². The van der Waals surface area contributed by atoms with Crippen molar-refractivity contribution in [3.05, 3.63) is 0 Å². The number of aliphatic hydroxyl groups is 5. The molecule has 0 aliphatic rings. The van der Waals surface area contributed by atoms with Crippen LogP contribution in [0.4, 0.5) is 0 Å². The van der Waals surface area contributed by atoms with Gasteiger partial charge in [0.15, 0.2) is 6.29 Å². The van der Waals surface area contributed by atoms with Crippen LogP contribution in [0.5, 0.6) is 0 Å². The largest absolute Gasteiger partial charge is 0.394 e. The van der Waals surface area contributed by atoms with Gasteiger partial charge in [-0.05, 0) is 0 Å². The van der Waals surface area contributed by atoms with Crippen LogP contribution in [0.25, 0.3) is 0 Å². The first kappa shape index (κ1) is 15.6. The van der Waals surface area contributed by atoms with Gasteiger partial charge in [-0.15, -0.1) is 0 Å². The van der Waals surface area contributed by atoms with Crippen LogP contribution in [0.2, 0.25) is 0 Å². The fraction of sp³-hybridized carbons (Fsp3) is 0.833. The Morgan fingerprint density at radius 3 is 1.85 bits per heavy atom. The van der Waals surface area contributed by atoms with Crippen molar-refractivity contribution in [1.82, 2.24) is 0 Å². The molecular weight excluding hydrogens is 354 g/mol. The summed E-state index contributed by atoms with van der Waals surface area (Å²) < 4.78 is 0. The zero-order chi connectivity index (χ0) is 9.72. The smallest absolute Gasteiger partial charge is 0.151 e. The molecule has 0 rings (SSSR count). The minimum atomic E-state index is -1.79. The summed E-state index contributed by atoms with van der Waals surface area (Å²) in [5, 5.41) is 43.5. The molecule has 0 unspecified atom stereocenters. The maximum Gasteiger partial charge on any atom is 0.151 e. The van der Waals surface area contributed by atoms with Gasteiger partial charge in [0.1, 0.15) is 24.4 Å². The Hall–Kier alpha value is 0.132. The first-order valence-electron chi connectivity index (χ1n) is 3.33. The zero-order valence-corrected chi connectivity index (χ0v) is 9.33. The van der Waals surface area contributed by atoms with Gasteiger partial charge in [0.25, 0.3) is 0 Å². The molecule has 0 heterocycles. The topological polar surface area (TPSA) is 118 Å². The van der Waals surface area contributed by atoms with Gasteiger partial charge in [-0.2, -0.15) is 0 Å². The normalized spacial score (nSPS) is 19.5. The van der Waals surface area contributed by atoms with E-state index in [1.807, 2.05) is 0 Å². The molecule has 4 atom stereocenters. The molecule has 1 radical (unpaired) electrons. The molecule has 6 nitrogen and oxygen atoms in total. The number of hydrogen-bond donors (Lipinski definition) is 5. The predicted molar refractivity (Wildman–Crippen MR) is 37.2 cm³/mol. The van der Waals surface area contributed by atoms with Crippen molar-refractivity contribution in [3.63, 3.8) is 0 Å². The Bertz CT molecular complexity index is 143. The Kier molecular flexibility index (Phi) is 9.03. The van der Waals surface area contributed by atoms with E-state index in [2.05, 4.69) is 0 Å². The molecule has 0 aromatic heterocycles. The average molecular weight is 366 g/mol. The van der Waals surface area contributed by atoms with E-state index in [0.717, 1.165) is 0 Å². The number of carbonyl (C=O) groups excluding carboxylic acids is 1. The molecule has 5 N–H and O–H groups in total. The minimum Gasteiger partial charge on any atom is -0.394 e. The second-order valence-corrected chi connectivity index (χ2v) is 2.36. The molecule has 0 bridgehead atoms. The molecule has 0 aliphatic heterocycles. The second-order valence-electron chi connectivity index (χ2n) is 2.36. The fourth-order valence-electron chi connectivity index (χ4n) is 0.618. The first-order valence-corrected chi connectivity index (χ1v) is 3.33. The van der Waals surface area contributed by atoms with Crippen molar-refractivity contribution in [2.45, 2.75) is 24.4 Å². The van der Waals surface area contributed by atoms with Gasteiger partial charge in [0.2, 0.25) is 0 Å². The molecule has 0 fully saturated rings. The van der Waals surface area contributed by atoms with Gasteiger partial charge < -0.3 is 30.3 Å².